The molecule has 0 aromatic heterocycles. The van der Waals surface area contributed by atoms with E-state index in [4.69, 9.17) is 0 Å². The molecule has 1 aromatic rings. The molecule has 0 bridgehead atoms. The highest BCUT2D eigenvalue weighted by molar-refractivity contribution is 5.93. The zero-order valence-corrected chi connectivity index (χ0v) is 11.4. The van der Waals surface area contributed by atoms with Crippen molar-refractivity contribution in [2.24, 2.45) is 0 Å². The van der Waals surface area contributed by atoms with Gasteiger partial charge in [-0.2, -0.15) is 0 Å². The van der Waals surface area contributed by atoms with Crippen LogP contribution in [0.5, 0.6) is 0 Å². The molecule has 0 radical (unpaired) electrons. The van der Waals surface area contributed by atoms with Gasteiger partial charge in [0.2, 0.25) is 0 Å². The van der Waals surface area contributed by atoms with Crippen LogP contribution >= 0.6 is 0 Å². The molecule has 0 unspecified atom stereocenters. The number of hydrogen-bond donors (Lipinski definition) is 1. The van der Waals surface area contributed by atoms with E-state index in [1.165, 1.54) is 12.8 Å². The van der Waals surface area contributed by atoms with Gasteiger partial charge in [-0.3, -0.25) is 0 Å². The number of carboxylic acid groups (broad SMARTS) is 1. The second kappa shape index (κ2) is 6.41. The molecule has 0 saturated heterocycles. The first kappa shape index (κ1) is 13.7. The molecule has 0 spiro atoms. The summed E-state index contributed by atoms with van der Waals surface area (Å²) in [5.74, 6) is -0.795. The van der Waals surface area contributed by atoms with Gasteiger partial charge in [-0.05, 0) is 37.0 Å². The summed E-state index contributed by atoms with van der Waals surface area (Å²) < 4.78 is 0. The van der Waals surface area contributed by atoms with Gasteiger partial charge in [-0.25, -0.2) is 4.79 Å². The van der Waals surface area contributed by atoms with E-state index in [9.17, 15) is 9.90 Å². The minimum Gasteiger partial charge on any atom is -0.478 e. The van der Waals surface area contributed by atoms with Crippen molar-refractivity contribution < 1.29 is 9.90 Å². The monoisotopic (exact) mass is 259 g/mol. The first-order valence-corrected chi connectivity index (χ1v) is 7.00. The van der Waals surface area contributed by atoms with Crippen molar-refractivity contribution in [2.45, 2.75) is 32.6 Å². The van der Waals surface area contributed by atoms with Gasteiger partial charge in [-0.15, -0.1) is 0 Å². The molecule has 0 amide bonds. The summed E-state index contributed by atoms with van der Waals surface area (Å²) in [6, 6.07) is 8.08. The maximum atomic E-state index is 11.2. The Labute approximate surface area is 114 Å². The Morgan fingerprint density at radius 3 is 2.89 bits per heavy atom. The van der Waals surface area contributed by atoms with Crippen LogP contribution in [0, 0.1) is 0 Å². The van der Waals surface area contributed by atoms with Crippen molar-refractivity contribution in [3.05, 3.63) is 35.4 Å². The Kier molecular flexibility index (Phi) is 4.61. The van der Waals surface area contributed by atoms with Crippen molar-refractivity contribution in [3.8, 4) is 0 Å². The Balaban J connectivity index is 2.35. The van der Waals surface area contributed by atoms with Crippen molar-refractivity contribution in [2.75, 3.05) is 18.0 Å². The molecule has 1 aliphatic rings. The molecule has 0 saturated carbocycles. The Hall–Kier alpha value is -1.77. The van der Waals surface area contributed by atoms with Crippen LogP contribution in [0.1, 0.15) is 38.2 Å². The van der Waals surface area contributed by atoms with E-state index in [-0.39, 0.29) is 0 Å². The Morgan fingerprint density at radius 2 is 2.16 bits per heavy atom. The van der Waals surface area contributed by atoms with Crippen LogP contribution in [0.25, 0.3) is 6.08 Å². The van der Waals surface area contributed by atoms with Gasteiger partial charge < -0.3 is 10.0 Å². The molecule has 1 aliphatic heterocycles. The molecule has 102 valence electrons. The van der Waals surface area contributed by atoms with Crippen LogP contribution in [-0.4, -0.2) is 24.2 Å². The molecule has 3 nitrogen and oxygen atoms in total. The number of rotatable bonds is 4. The first-order valence-electron chi connectivity index (χ1n) is 7.00. The van der Waals surface area contributed by atoms with Crippen LogP contribution in [-0.2, 0) is 4.79 Å². The summed E-state index contributed by atoms with van der Waals surface area (Å²) >= 11 is 0. The zero-order valence-electron chi connectivity index (χ0n) is 11.4. The van der Waals surface area contributed by atoms with Gasteiger partial charge >= 0.3 is 5.97 Å². The van der Waals surface area contributed by atoms with E-state index < -0.39 is 5.97 Å². The second-order valence-electron chi connectivity index (χ2n) is 4.98. The van der Waals surface area contributed by atoms with Crippen molar-refractivity contribution in [1.29, 1.82) is 0 Å². The lowest BCUT2D eigenvalue weighted by Crippen LogP contribution is -2.27. The third kappa shape index (κ3) is 3.37. The number of benzene rings is 1. The van der Waals surface area contributed by atoms with E-state index in [1.54, 1.807) is 0 Å². The number of nitrogens with zero attached hydrogens (tertiary/aromatic N) is 1. The van der Waals surface area contributed by atoms with Gasteiger partial charge in [0.1, 0.15) is 0 Å². The summed E-state index contributed by atoms with van der Waals surface area (Å²) in [5, 5.41) is 9.21. The minimum absolute atomic E-state index is 0.516. The molecule has 19 heavy (non-hydrogen) atoms. The lowest BCUT2D eigenvalue weighted by Gasteiger charge is -2.28. The van der Waals surface area contributed by atoms with Gasteiger partial charge in [0.05, 0.1) is 0 Å². The summed E-state index contributed by atoms with van der Waals surface area (Å²) in [6.45, 7) is 4.17. The third-order valence-corrected chi connectivity index (χ3v) is 3.54. The minimum atomic E-state index is -0.795. The summed E-state index contributed by atoms with van der Waals surface area (Å²) in [6.07, 6.45) is 5.72. The van der Waals surface area contributed by atoms with E-state index in [1.807, 2.05) is 24.3 Å². The quantitative estimate of drug-likeness (QED) is 0.898. The molecule has 0 atom stereocenters. The van der Waals surface area contributed by atoms with Crippen molar-refractivity contribution in [3.63, 3.8) is 0 Å². The fourth-order valence-electron chi connectivity index (χ4n) is 2.49. The van der Waals surface area contributed by atoms with E-state index >= 15 is 0 Å². The lowest BCUT2D eigenvalue weighted by atomic mass is 10.0. The predicted octanol–water partition coefficient (Wildman–Crippen LogP) is 3.55. The number of carboxylic acids is 1. The number of anilines is 1. The molecule has 3 heteroatoms. The number of fused-ring (bicyclic) bond motifs is 1. The first-order chi connectivity index (χ1) is 9.22. The smallest absolute Gasteiger partial charge is 0.331 e. The van der Waals surface area contributed by atoms with Crippen LogP contribution in [0.2, 0.25) is 0 Å². The molecule has 0 aliphatic carbocycles. The lowest BCUT2D eigenvalue weighted by molar-refractivity contribution is -0.132. The topological polar surface area (TPSA) is 40.5 Å². The van der Waals surface area contributed by atoms with E-state index in [2.05, 4.69) is 17.9 Å². The highest BCUT2D eigenvalue weighted by atomic mass is 16.4. The highest BCUT2D eigenvalue weighted by Gasteiger charge is 2.16. The van der Waals surface area contributed by atoms with Crippen molar-refractivity contribution >= 4 is 17.7 Å². The standard InChI is InChI=1S/C16H21NO2/c1-2-3-10-17-11-6-8-14(16(18)19)12-13-7-4-5-9-15(13)17/h4-5,7,9,12H,2-3,6,8,10-11H2,1H3,(H,18,19)/b14-12+. The molecule has 1 aromatic carbocycles. The zero-order chi connectivity index (χ0) is 13.7. The van der Waals surface area contributed by atoms with Gasteiger partial charge in [-0.1, -0.05) is 31.5 Å². The summed E-state index contributed by atoms with van der Waals surface area (Å²) in [5.41, 5.74) is 2.70. The molecular formula is C16H21NO2. The van der Waals surface area contributed by atoms with E-state index in [0.29, 0.717) is 12.0 Å². The maximum absolute atomic E-state index is 11.2. The van der Waals surface area contributed by atoms with Gasteiger partial charge in [0, 0.05) is 24.4 Å². The molecule has 2 rings (SSSR count). The molecule has 0 fully saturated rings. The molecule has 1 heterocycles. The SMILES string of the molecule is CCCCN1CCC/C(C(=O)O)=C\c2ccccc21. The summed E-state index contributed by atoms with van der Waals surface area (Å²) in [4.78, 5) is 13.6. The number of hydrogen-bond acceptors (Lipinski definition) is 2. The number of unbranched alkanes of at least 4 members (excludes halogenated alkanes) is 1. The number of aliphatic carboxylic acids is 1. The highest BCUT2D eigenvalue weighted by Crippen LogP contribution is 2.27. The van der Waals surface area contributed by atoms with Crippen molar-refractivity contribution in [1.82, 2.24) is 0 Å². The van der Waals surface area contributed by atoms with Crippen LogP contribution in [0.3, 0.4) is 0 Å². The third-order valence-electron chi connectivity index (χ3n) is 3.54. The fraction of sp³-hybridized carbons (Fsp3) is 0.438. The van der Waals surface area contributed by atoms with E-state index in [0.717, 1.165) is 30.8 Å². The predicted molar refractivity (Wildman–Crippen MR) is 78.4 cm³/mol. The average molecular weight is 259 g/mol. The maximum Gasteiger partial charge on any atom is 0.331 e. The Bertz CT molecular complexity index is 479. The van der Waals surface area contributed by atoms with Gasteiger partial charge in [0.25, 0.3) is 0 Å². The average Bonchev–Trinajstić information content (AvgIpc) is 2.38. The molecular weight excluding hydrogens is 238 g/mol. The van der Waals surface area contributed by atoms with Gasteiger partial charge in [0.15, 0.2) is 0 Å². The van der Waals surface area contributed by atoms with Crippen LogP contribution < -0.4 is 4.90 Å². The number of para-hydroxylation sites is 1. The second-order valence-corrected chi connectivity index (χ2v) is 4.98. The fourth-order valence-corrected chi connectivity index (χ4v) is 2.49. The normalized spacial score (nSPS) is 17.9. The Morgan fingerprint density at radius 1 is 1.37 bits per heavy atom. The van der Waals surface area contributed by atoms with Crippen LogP contribution in [0.15, 0.2) is 29.8 Å². The molecule has 1 N–H and O–H groups in total. The number of carbonyl (C=O) groups is 1. The van der Waals surface area contributed by atoms with Crippen LogP contribution in [0.4, 0.5) is 5.69 Å². The summed E-state index contributed by atoms with van der Waals surface area (Å²) in [7, 11) is 0. The largest absolute Gasteiger partial charge is 0.478 e.